The van der Waals surface area contributed by atoms with Gasteiger partial charge in [0.05, 0.1) is 5.92 Å². The maximum absolute atomic E-state index is 10.7. The normalized spacial score (nSPS) is 19.1. The zero-order valence-electron chi connectivity index (χ0n) is 11.0. The van der Waals surface area contributed by atoms with Gasteiger partial charge in [0.25, 0.3) is 0 Å². The first-order valence-corrected chi connectivity index (χ1v) is 6.23. The van der Waals surface area contributed by atoms with E-state index in [1.807, 2.05) is 0 Å². The first-order chi connectivity index (χ1) is 8.40. The third-order valence-electron chi connectivity index (χ3n) is 2.83. The largest absolute Gasteiger partial charge is 0.481 e. The number of hydrogen-bond donors (Lipinski definition) is 3. The summed E-state index contributed by atoms with van der Waals surface area (Å²) in [5, 5.41) is 25.5. The molecule has 1 amide bonds. The minimum atomic E-state index is -0.854. The number of carboxylic acids is 1. The summed E-state index contributed by atoms with van der Waals surface area (Å²) in [5.41, 5.74) is 0. The Kier molecular flexibility index (Phi) is 8.11. The van der Waals surface area contributed by atoms with Crippen LogP contribution in [-0.4, -0.2) is 51.5 Å². The molecule has 0 aromatic heterocycles. The maximum Gasteiger partial charge on any atom is 0.407 e. The lowest BCUT2D eigenvalue weighted by atomic mass is 10.0. The fraction of sp³-hybridized carbons (Fsp3) is 0.833. The number of aliphatic hydroxyl groups excluding tert-OH is 1. The molecule has 18 heavy (non-hydrogen) atoms. The van der Waals surface area contributed by atoms with Crippen molar-refractivity contribution in [3.63, 3.8) is 0 Å². The number of carbonyl (C=O) groups is 2. The van der Waals surface area contributed by atoms with Gasteiger partial charge in [-0.2, -0.15) is 0 Å². The van der Waals surface area contributed by atoms with Gasteiger partial charge in [-0.3, -0.25) is 4.79 Å². The molecule has 1 saturated heterocycles. The van der Waals surface area contributed by atoms with Crippen molar-refractivity contribution in [1.82, 2.24) is 4.90 Å². The van der Waals surface area contributed by atoms with Crippen molar-refractivity contribution < 1.29 is 24.9 Å². The molecule has 1 fully saturated rings. The van der Waals surface area contributed by atoms with Gasteiger partial charge in [0.2, 0.25) is 0 Å². The van der Waals surface area contributed by atoms with E-state index in [-0.39, 0.29) is 18.6 Å². The van der Waals surface area contributed by atoms with Gasteiger partial charge in [-0.05, 0) is 25.7 Å². The van der Waals surface area contributed by atoms with E-state index in [1.54, 1.807) is 13.8 Å². The fourth-order valence-electron chi connectivity index (χ4n) is 1.70. The molecule has 6 heteroatoms. The SMILES string of the molecule is CC(C)C(=O)O.O=C(O)N1CCCCC1CCO. The average molecular weight is 261 g/mol. The molecule has 0 spiro atoms. The van der Waals surface area contributed by atoms with E-state index in [2.05, 4.69) is 0 Å². The van der Waals surface area contributed by atoms with E-state index in [0.29, 0.717) is 13.0 Å². The predicted molar refractivity (Wildman–Crippen MR) is 66.5 cm³/mol. The molecule has 6 nitrogen and oxygen atoms in total. The standard InChI is InChI=1S/C8H15NO3.C4H8O2/c10-6-4-7-3-1-2-5-9(7)8(11)12;1-3(2)4(5)6/h7,10H,1-6H2,(H,11,12);3H,1-2H3,(H,5,6). The molecule has 1 aliphatic rings. The van der Waals surface area contributed by atoms with Crippen molar-refractivity contribution in [3.8, 4) is 0 Å². The van der Waals surface area contributed by atoms with Gasteiger partial charge in [-0.1, -0.05) is 13.8 Å². The van der Waals surface area contributed by atoms with Gasteiger partial charge in [0.1, 0.15) is 0 Å². The Bertz CT molecular complexity index is 265. The molecule has 0 aromatic rings. The predicted octanol–water partition coefficient (Wildman–Crippen LogP) is 1.63. The number of amides is 1. The van der Waals surface area contributed by atoms with E-state index < -0.39 is 12.1 Å². The Labute approximate surface area is 107 Å². The second-order valence-corrected chi connectivity index (χ2v) is 4.63. The summed E-state index contributed by atoms with van der Waals surface area (Å²) < 4.78 is 0. The molecule has 0 bridgehead atoms. The Hall–Kier alpha value is -1.30. The summed E-state index contributed by atoms with van der Waals surface area (Å²) in [5.74, 6) is -0.972. The molecular weight excluding hydrogens is 238 g/mol. The first kappa shape index (κ1) is 16.7. The lowest BCUT2D eigenvalue weighted by Gasteiger charge is -2.33. The number of piperidine rings is 1. The summed E-state index contributed by atoms with van der Waals surface area (Å²) in [6, 6.07) is 0.0428. The monoisotopic (exact) mass is 261 g/mol. The highest BCUT2D eigenvalue weighted by atomic mass is 16.4. The van der Waals surface area contributed by atoms with Crippen molar-refractivity contribution >= 4 is 12.1 Å². The zero-order chi connectivity index (χ0) is 14.1. The molecule has 1 aliphatic heterocycles. The van der Waals surface area contributed by atoms with Gasteiger partial charge < -0.3 is 20.2 Å². The summed E-state index contributed by atoms with van der Waals surface area (Å²) in [4.78, 5) is 21.8. The van der Waals surface area contributed by atoms with E-state index in [0.717, 1.165) is 19.3 Å². The number of carboxylic acid groups (broad SMARTS) is 2. The smallest absolute Gasteiger partial charge is 0.407 e. The Morgan fingerprint density at radius 1 is 1.28 bits per heavy atom. The Morgan fingerprint density at radius 3 is 2.22 bits per heavy atom. The second-order valence-electron chi connectivity index (χ2n) is 4.63. The molecule has 1 heterocycles. The van der Waals surface area contributed by atoms with Crippen molar-refractivity contribution in [2.45, 2.75) is 45.6 Å². The highest BCUT2D eigenvalue weighted by Crippen LogP contribution is 2.19. The number of aliphatic carboxylic acids is 1. The number of aliphatic hydroxyl groups is 1. The number of rotatable bonds is 3. The fourth-order valence-corrected chi connectivity index (χ4v) is 1.70. The van der Waals surface area contributed by atoms with E-state index in [9.17, 15) is 9.59 Å². The van der Waals surface area contributed by atoms with Crippen LogP contribution in [0.4, 0.5) is 4.79 Å². The number of likely N-dealkylation sites (tertiary alicyclic amines) is 1. The summed E-state index contributed by atoms with van der Waals surface area (Å²) in [6.07, 6.45) is 2.65. The van der Waals surface area contributed by atoms with Crippen molar-refractivity contribution in [2.75, 3.05) is 13.2 Å². The van der Waals surface area contributed by atoms with E-state index >= 15 is 0 Å². The molecule has 1 rings (SSSR count). The van der Waals surface area contributed by atoms with Gasteiger partial charge >= 0.3 is 12.1 Å². The van der Waals surface area contributed by atoms with Gasteiger partial charge in [-0.25, -0.2) is 4.79 Å². The molecular formula is C12H23NO5. The van der Waals surface area contributed by atoms with Gasteiger partial charge in [0.15, 0.2) is 0 Å². The van der Waals surface area contributed by atoms with Crippen LogP contribution in [-0.2, 0) is 4.79 Å². The zero-order valence-corrected chi connectivity index (χ0v) is 11.0. The molecule has 0 saturated carbocycles. The van der Waals surface area contributed by atoms with Crippen LogP contribution >= 0.6 is 0 Å². The summed E-state index contributed by atoms with van der Waals surface area (Å²) in [7, 11) is 0. The van der Waals surface area contributed by atoms with Crippen LogP contribution in [0.5, 0.6) is 0 Å². The summed E-state index contributed by atoms with van der Waals surface area (Å²) in [6.45, 7) is 3.99. The first-order valence-electron chi connectivity index (χ1n) is 6.23. The topological polar surface area (TPSA) is 98.1 Å². The lowest BCUT2D eigenvalue weighted by molar-refractivity contribution is -0.140. The number of nitrogens with zero attached hydrogens (tertiary/aromatic N) is 1. The highest BCUT2D eigenvalue weighted by Gasteiger charge is 2.25. The van der Waals surface area contributed by atoms with Crippen LogP contribution in [0.25, 0.3) is 0 Å². The number of hydrogen-bond acceptors (Lipinski definition) is 3. The van der Waals surface area contributed by atoms with E-state index in [4.69, 9.17) is 15.3 Å². The Balaban J connectivity index is 0.000000411. The minimum absolute atomic E-state index is 0.0428. The highest BCUT2D eigenvalue weighted by molar-refractivity contribution is 5.68. The van der Waals surface area contributed by atoms with Crippen molar-refractivity contribution in [1.29, 1.82) is 0 Å². The summed E-state index contributed by atoms with van der Waals surface area (Å²) >= 11 is 0. The molecule has 0 aromatic carbocycles. The van der Waals surface area contributed by atoms with Crippen molar-refractivity contribution in [2.24, 2.45) is 5.92 Å². The quantitative estimate of drug-likeness (QED) is 0.717. The molecule has 1 atom stereocenters. The van der Waals surface area contributed by atoms with Crippen LogP contribution in [0.15, 0.2) is 0 Å². The minimum Gasteiger partial charge on any atom is -0.481 e. The van der Waals surface area contributed by atoms with Crippen LogP contribution in [0.2, 0.25) is 0 Å². The van der Waals surface area contributed by atoms with Crippen molar-refractivity contribution in [3.05, 3.63) is 0 Å². The third kappa shape index (κ3) is 6.44. The van der Waals surface area contributed by atoms with E-state index in [1.165, 1.54) is 4.90 Å². The average Bonchev–Trinajstić information content (AvgIpc) is 2.30. The lowest BCUT2D eigenvalue weighted by Crippen LogP contribution is -2.43. The van der Waals surface area contributed by atoms with Crippen LogP contribution in [0, 0.1) is 5.92 Å². The van der Waals surface area contributed by atoms with Crippen LogP contribution < -0.4 is 0 Å². The van der Waals surface area contributed by atoms with Crippen LogP contribution in [0.1, 0.15) is 39.5 Å². The Morgan fingerprint density at radius 2 is 1.83 bits per heavy atom. The molecule has 1 unspecified atom stereocenters. The molecule has 106 valence electrons. The van der Waals surface area contributed by atoms with Crippen LogP contribution in [0.3, 0.4) is 0 Å². The molecule has 3 N–H and O–H groups in total. The second kappa shape index (κ2) is 8.74. The third-order valence-corrected chi connectivity index (χ3v) is 2.83. The van der Waals surface area contributed by atoms with Gasteiger partial charge in [-0.15, -0.1) is 0 Å². The molecule has 0 radical (unpaired) electrons. The maximum atomic E-state index is 10.7. The van der Waals surface area contributed by atoms with Gasteiger partial charge in [0, 0.05) is 19.2 Å². The molecule has 0 aliphatic carbocycles.